The monoisotopic (exact) mass is 230 g/mol. The minimum absolute atomic E-state index is 0.264. The Labute approximate surface area is 104 Å². The fraction of sp³-hybridized carbons (Fsp3) is 0.600. The summed E-state index contributed by atoms with van der Waals surface area (Å²) in [6, 6.07) is 4.98. The number of benzene rings is 1. The quantitative estimate of drug-likeness (QED) is 0.844. The van der Waals surface area contributed by atoms with Crippen LogP contribution in [0.2, 0.25) is 0 Å². The van der Waals surface area contributed by atoms with Gasteiger partial charge in [0.05, 0.1) is 0 Å². The van der Waals surface area contributed by atoms with Gasteiger partial charge in [-0.1, -0.05) is 12.1 Å². The normalized spacial score (nSPS) is 20.0. The molecule has 0 radical (unpaired) electrons. The summed E-state index contributed by atoms with van der Waals surface area (Å²) < 4.78 is 0. The molecule has 0 saturated carbocycles. The molecule has 0 amide bonds. The van der Waals surface area contributed by atoms with Gasteiger partial charge in [0.15, 0.2) is 0 Å². The van der Waals surface area contributed by atoms with Crippen LogP contribution in [0, 0.1) is 0 Å². The lowest BCUT2D eigenvalue weighted by Gasteiger charge is -2.27. The van der Waals surface area contributed by atoms with Crippen LogP contribution in [0.3, 0.4) is 0 Å². The number of aryl methyl sites for hydroxylation is 1. The predicted molar refractivity (Wildman–Crippen MR) is 72.7 cm³/mol. The molecule has 1 unspecified atom stereocenters. The molecule has 0 fully saturated rings. The molecular formula is C15H22N2. The number of hydrogen-bond donors (Lipinski definition) is 1. The van der Waals surface area contributed by atoms with E-state index in [9.17, 15) is 0 Å². The van der Waals surface area contributed by atoms with Crippen molar-refractivity contribution in [2.24, 2.45) is 5.73 Å². The van der Waals surface area contributed by atoms with Crippen LogP contribution in [-0.4, -0.2) is 19.1 Å². The molecule has 2 aliphatic rings. The second kappa shape index (κ2) is 4.34. The average Bonchev–Trinajstić information content (AvgIpc) is 2.72. The lowest BCUT2D eigenvalue weighted by Crippen LogP contribution is -2.35. The van der Waals surface area contributed by atoms with Crippen molar-refractivity contribution in [3.8, 4) is 0 Å². The molecule has 1 aromatic carbocycles. The van der Waals surface area contributed by atoms with Crippen LogP contribution in [0.5, 0.6) is 0 Å². The highest BCUT2D eigenvalue weighted by atomic mass is 15.2. The van der Waals surface area contributed by atoms with Crippen LogP contribution in [-0.2, 0) is 19.3 Å². The Hall–Kier alpha value is -1.02. The zero-order valence-electron chi connectivity index (χ0n) is 10.7. The molecule has 0 aromatic heterocycles. The molecule has 0 saturated heterocycles. The van der Waals surface area contributed by atoms with E-state index >= 15 is 0 Å². The van der Waals surface area contributed by atoms with E-state index < -0.39 is 0 Å². The van der Waals surface area contributed by atoms with E-state index in [0.717, 1.165) is 13.1 Å². The highest BCUT2D eigenvalue weighted by Crippen LogP contribution is 2.37. The van der Waals surface area contributed by atoms with E-state index in [1.165, 1.54) is 32.1 Å². The largest absolute Gasteiger partial charge is 0.369 e. The van der Waals surface area contributed by atoms with Gasteiger partial charge in [0.25, 0.3) is 0 Å². The maximum Gasteiger partial charge on any atom is 0.0435 e. The Morgan fingerprint density at radius 1 is 1.18 bits per heavy atom. The summed E-state index contributed by atoms with van der Waals surface area (Å²) in [7, 11) is 0. The van der Waals surface area contributed by atoms with Crippen molar-refractivity contribution in [3.05, 3.63) is 28.8 Å². The summed E-state index contributed by atoms with van der Waals surface area (Å²) in [5.41, 5.74) is 12.3. The van der Waals surface area contributed by atoms with Crippen molar-refractivity contribution in [1.82, 2.24) is 0 Å². The van der Waals surface area contributed by atoms with Gasteiger partial charge in [0, 0.05) is 24.8 Å². The molecule has 2 nitrogen and oxygen atoms in total. The van der Waals surface area contributed by atoms with Crippen molar-refractivity contribution in [3.63, 3.8) is 0 Å². The lowest BCUT2D eigenvalue weighted by atomic mass is 9.88. The van der Waals surface area contributed by atoms with Crippen LogP contribution in [0.25, 0.3) is 0 Å². The number of nitrogens with two attached hydrogens (primary N) is 1. The number of hydrogen-bond acceptors (Lipinski definition) is 2. The number of rotatable bonds is 2. The van der Waals surface area contributed by atoms with Gasteiger partial charge in [-0.2, -0.15) is 0 Å². The predicted octanol–water partition coefficient (Wildman–Crippen LogP) is 2.28. The van der Waals surface area contributed by atoms with Gasteiger partial charge in [-0.15, -0.1) is 0 Å². The van der Waals surface area contributed by atoms with Gasteiger partial charge in [-0.3, -0.25) is 0 Å². The molecule has 0 bridgehead atoms. The minimum Gasteiger partial charge on any atom is -0.369 e. The van der Waals surface area contributed by atoms with E-state index in [1.54, 1.807) is 22.4 Å². The molecule has 1 atom stereocenters. The molecule has 1 aromatic rings. The van der Waals surface area contributed by atoms with Gasteiger partial charge >= 0.3 is 0 Å². The topological polar surface area (TPSA) is 29.3 Å². The third-order valence-corrected chi connectivity index (χ3v) is 4.06. The van der Waals surface area contributed by atoms with E-state index in [2.05, 4.69) is 24.0 Å². The van der Waals surface area contributed by atoms with Crippen molar-refractivity contribution in [1.29, 1.82) is 0 Å². The van der Waals surface area contributed by atoms with Crippen molar-refractivity contribution in [2.75, 3.05) is 18.0 Å². The fourth-order valence-electron chi connectivity index (χ4n) is 3.35. The van der Waals surface area contributed by atoms with Gasteiger partial charge in [0.2, 0.25) is 0 Å². The molecule has 0 spiro atoms. The van der Waals surface area contributed by atoms with Gasteiger partial charge in [-0.25, -0.2) is 0 Å². The van der Waals surface area contributed by atoms with Gasteiger partial charge in [0.1, 0.15) is 0 Å². The van der Waals surface area contributed by atoms with Crippen molar-refractivity contribution >= 4 is 5.69 Å². The standard InChI is InChI=1S/C15H22N2/c1-11(16)10-17-9-8-13-7-6-12-4-2-3-5-14(12)15(13)17/h6-7,11H,2-5,8-10,16H2,1H3. The Morgan fingerprint density at radius 2 is 1.94 bits per heavy atom. The fourth-order valence-corrected chi connectivity index (χ4v) is 3.35. The SMILES string of the molecule is CC(N)CN1CCc2ccc3c(c21)CCCC3. The summed E-state index contributed by atoms with van der Waals surface area (Å²) in [4.78, 5) is 2.52. The minimum atomic E-state index is 0.264. The van der Waals surface area contributed by atoms with Crippen LogP contribution < -0.4 is 10.6 Å². The van der Waals surface area contributed by atoms with E-state index in [-0.39, 0.29) is 6.04 Å². The van der Waals surface area contributed by atoms with E-state index in [4.69, 9.17) is 5.73 Å². The van der Waals surface area contributed by atoms with E-state index in [0.29, 0.717) is 0 Å². The highest BCUT2D eigenvalue weighted by molar-refractivity contribution is 5.66. The number of nitrogens with zero attached hydrogens (tertiary/aromatic N) is 1. The smallest absolute Gasteiger partial charge is 0.0435 e. The average molecular weight is 230 g/mol. The first kappa shape index (κ1) is 11.1. The maximum absolute atomic E-state index is 5.96. The van der Waals surface area contributed by atoms with Crippen LogP contribution in [0.1, 0.15) is 36.5 Å². The van der Waals surface area contributed by atoms with Crippen LogP contribution >= 0.6 is 0 Å². The first-order valence-electron chi connectivity index (χ1n) is 6.90. The van der Waals surface area contributed by atoms with Crippen molar-refractivity contribution in [2.45, 2.75) is 45.1 Å². The first-order valence-corrected chi connectivity index (χ1v) is 6.90. The number of fused-ring (bicyclic) bond motifs is 3. The zero-order valence-corrected chi connectivity index (χ0v) is 10.7. The molecule has 2 N–H and O–H groups in total. The Balaban J connectivity index is 2.00. The summed E-state index contributed by atoms with van der Waals surface area (Å²) >= 11 is 0. The Bertz CT molecular complexity index is 423. The second-order valence-corrected chi connectivity index (χ2v) is 5.59. The lowest BCUT2D eigenvalue weighted by molar-refractivity contribution is 0.669. The molecule has 1 aliphatic heterocycles. The molecule has 2 heteroatoms. The highest BCUT2D eigenvalue weighted by Gasteiger charge is 2.25. The van der Waals surface area contributed by atoms with Gasteiger partial charge in [-0.05, 0) is 55.7 Å². The maximum atomic E-state index is 5.96. The Morgan fingerprint density at radius 3 is 2.76 bits per heavy atom. The second-order valence-electron chi connectivity index (χ2n) is 5.59. The first-order chi connectivity index (χ1) is 8.25. The van der Waals surface area contributed by atoms with Crippen molar-refractivity contribution < 1.29 is 0 Å². The summed E-state index contributed by atoms with van der Waals surface area (Å²) in [6.07, 6.45) is 6.46. The molecule has 3 rings (SSSR count). The summed E-state index contributed by atoms with van der Waals surface area (Å²) in [5.74, 6) is 0. The van der Waals surface area contributed by atoms with Crippen LogP contribution in [0.15, 0.2) is 12.1 Å². The Kier molecular flexibility index (Phi) is 2.83. The molecule has 1 aliphatic carbocycles. The van der Waals surface area contributed by atoms with Crippen LogP contribution in [0.4, 0.5) is 5.69 Å². The molecular weight excluding hydrogens is 208 g/mol. The zero-order chi connectivity index (χ0) is 11.8. The molecule has 1 heterocycles. The third kappa shape index (κ3) is 1.95. The third-order valence-electron chi connectivity index (χ3n) is 4.06. The summed E-state index contributed by atoms with van der Waals surface area (Å²) in [6.45, 7) is 4.27. The van der Waals surface area contributed by atoms with E-state index in [1.807, 2.05) is 0 Å². The van der Waals surface area contributed by atoms with Gasteiger partial charge < -0.3 is 10.6 Å². The molecule has 17 heavy (non-hydrogen) atoms. The molecule has 92 valence electrons. The number of anilines is 1. The summed E-state index contributed by atoms with van der Waals surface area (Å²) in [5, 5.41) is 0.